The smallest absolute Gasteiger partial charge is 0.214 e. The molecule has 0 spiro atoms. The van der Waals surface area contributed by atoms with Gasteiger partial charge in [-0.1, -0.05) is 67.1 Å². The zero-order chi connectivity index (χ0) is 23.5. The molecule has 0 bridgehead atoms. The van der Waals surface area contributed by atoms with Crippen molar-refractivity contribution >= 4 is 28.7 Å². The highest BCUT2D eigenvalue weighted by molar-refractivity contribution is 6.31. The maximum atomic E-state index is 14.9. The van der Waals surface area contributed by atoms with Gasteiger partial charge in [-0.15, -0.1) is 0 Å². The molecule has 0 aliphatic heterocycles. The molecule has 172 valence electrons. The normalized spacial score (nSPS) is 19.9. The second kappa shape index (κ2) is 13.0. The quantitative estimate of drug-likeness (QED) is 0.308. The summed E-state index contributed by atoms with van der Waals surface area (Å²) in [6, 6.07) is -0.448. The number of alkyl halides is 1. The first-order valence-electron chi connectivity index (χ1n) is 10.6. The van der Waals surface area contributed by atoms with E-state index in [9.17, 15) is 14.0 Å². The van der Waals surface area contributed by atoms with Crippen molar-refractivity contribution in [1.82, 2.24) is 15.0 Å². The predicted octanol–water partition coefficient (Wildman–Crippen LogP) is 4.86. The number of Topliss-reactive ketones (excluding diaryl/α,β-unsaturated/α-hetero) is 1. The standard InChI is InChI=1S/C24H29ClFN3O3/c1-4-8-23(17(3)30)29(15-21(31)10-7-6-9-20(25)5-2)14-19-12-11-18(13-22(19)26)24-27-16-32-28-24/h5,7,9-13,16,19,22-23H,2,4,6,8,14-15H2,1,3H3/b10-7+,20-9+. The molecule has 1 aliphatic carbocycles. The number of allylic oxidation sites excluding steroid dienone is 7. The molecule has 1 aromatic rings. The average Bonchev–Trinajstić information content (AvgIpc) is 3.30. The Morgan fingerprint density at radius 3 is 2.81 bits per heavy atom. The van der Waals surface area contributed by atoms with Crippen molar-refractivity contribution in [1.29, 1.82) is 0 Å². The molecule has 3 atom stereocenters. The van der Waals surface area contributed by atoms with Crippen LogP contribution in [-0.4, -0.2) is 51.9 Å². The molecule has 0 fully saturated rings. The van der Waals surface area contributed by atoms with Gasteiger partial charge in [-0.3, -0.25) is 14.5 Å². The van der Waals surface area contributed by atoms with E-state index in [1.54, 1.807) is 29.2 Å². The molecule has 1 aliphatic rings. The monoisotopic (exact) mass is 461 g/mol. The van der Waals surface area contributed by atoms with E-state index in [0.717, 1.165) is 6.42 Å². The zero-order valence-corrected chi connectivity index (χ0v) is 19.2. The lowest BCUT2D eigenvalue weighted by Crippen LogP contribution is -2.46. The van der Waals surface area contributed by atoms with Gasteiger partial charge in [0.15, 0.2) is 5.78 Å². The van der Waals surface area contributed by atoms with E-state index in [1.165, 1.54) is 31.5 Å². The van der Waals surface area contributed by atoms with Gasteiger partial charge in [0.05, 0.1) is 12.6 Å². The maximum Gasteiger partial charge on any atom is 0.214 e. The summed E-state index contributed by atoms with van der Waals surface area (Å²) in [5.74, 6) is -0.385. The van der Waals surface area contributed by atoms with Crippen LogP contribution in [0.4, 0.5) is 4.39 Å². The lowest BCUT2D eigenvalue weighted by Gasteiger charge is -2.33. The van der Waals surface area contributed by atoms with E-state index < -0.39 is 18.1 Å². The van der Waals surface area contributed by atoms with Crippen LogP contribution in [0.15, 0.2) is 65.1 Å². The Kier molecular flexibility index (Phi) is 10.4. The van der Waals surface area contributed by atoms with Gasteiger partial charge in [0.1, 0.15) is 12.0 Å². The van der Waals surface area contributed by atoms with Crippen molar-refractivity contribution in [3.63, 3.8) is 0 Å². The van der Waals surface area contributed by atoms with E-state index in [2.05, 4.69) is 16.7 Å². The Hall–Kier alpha value is -2.64. The third-order valence-corrected chi connectivity index (χ3v) is 5.42. The molecule has 8 heteroatoms. The first-order chi connectivity index (χ1) is 15.3. The molecule has 0 aromatic carbocycles. The number of nitrogens with zero attached hydrogens (tertiary/aromatic N) is 3. The van der Waals surface area contributed by atoms with Crippen molar-refractivity contribution in [2.75, 3.05) is 13.1 Å². The molecule has 2 rings (SSSR count). The Balaban J connectivity index is 2.11. The SMILES string of the molecule is C=C/C(Cl)=C\C/C=C/C(=O)CN(CC1C=CC(c2ncon2)=CC1F)C(CCC)C(C)=O. The van der Waals surface area contributed by atoms with E-state index in [0.29, 0.717) is 29.3 Å². The van der Waals surface area contributed by atoms with Gasteiger partial charge in [0.2, 0.25) is 12.2 Å². The molecule has 3 unspecified atom stereocenters. The van der Waals surface area contributed by atoms with E-state index in [-0.39, 0.29) is 24.7 Å². The second-order valence-electron chi connectivity index (χ2n) is 7.59. The molecule has 0 saturated carbocycles. The Morgan fingerprint density at radius 1 is 1.44 bits per heavy atom. The molecule has 0 amide bonds. The molecule has 0 radical (unpaired) electrons. The summed E-state index contributed by atoms with van der Waals surface area (Å²) in [5, 5.41) is 4.24. The molecular weight excluding hydrogens is 433 g/mol. The summed E-state index contributed by atoms with van der Waals surface area (Å²) in [6.45, 7) is 7.31. The van der Waals surface area contributed by atoms with Crippen molar-refractivity contribution in [2.45, 2.75) is 45.3 Å². The van der Waals surface area contributed by atoms with Crippen LogP contribution in [0.25, 0.3) is 5.57 Å². The Bertz CT molecular complexity index is 906. The predicted molar refractivity (Wildman–Crippen MR) is 124 cm³/mol. The van der Waals surface area contributed by atoms with Crippen molar-refractivity contribution < 1.29 is 18.5 Å². The van der Waals surface area contributed by atoms with Gasteiger partial charge in [0, 0.05) is 23.1 Å². The molecule has 0 N–H and O–H groups in total. The largest absolute Gasteiger partial charge is 0.342 e. The minimum Gasteiger partial charge on any atom is -0.342 e. The number of carbonyl (C=O) groups is 2. The van der Waals surface area contributed by atoms with Crippen LogP contribution in [0.1, 0.15) is 38.9 Å². The first kappa shape index (κ1) is 25.6. The van der Waals surface area contributed by atoms with Gasteiger partial charge >= 0.3 is 0 Å². The molecule has 1 aromatic heterocycles. The maximum absolute atomic E-state index is 14.9. The highest BCUT2D eigenvalue weighted by Crippen LogP contribution is 2.26. The summed E-state index contributed by atoms with van der Waals surface area (Å²) < 4.78 is 19.7. The average molecular weight is 462 g/mol. The third-order valence-electron chi connectivity index (χ3n) is 5.11. The number of rotatable bonds is 13. The van der Waals surface area contributed by atoms with Crippen LogP contribution in [-0.2, 0) is 9.59 Å². The van der Waals surface area contributed by atoms with Crippen LogP contribution in [0.2, 0.25) is 0 Å². The van der Waals surface area contributed by atoms with Crippen LogP contribution >= 0.6 is 11.6 Å². The van der Waals surface area contributed by atoms with Gasteiger partial charge in [-0.05, 0) is 31.9 Å². The minimum atomic E-state index is -1.30. The molecule has 1 heterocycles. The summed E-state index contributed by atoms with van der Waals surface area (Å²) in [5.41, 5.74) is 0.538. The van der Waals surface area contributed by atoms with Gasteiger partial charge in [-0.2, -0.15) is 4.98 Å². The number of halogens is 2. The van der Waals surface area contributed by atoms with E-state index in [4.69, 9.17) is 16.1 Å². The van der Waals surface area contributed by atoms with Gasteiger partial charge in [-0.25, -0.2) is 4.39 Å². The van der Waals surface area contributed by atoms with Crippen molar-refractivity contribution in [2.24, 2.45) is 5.92 Å². The Labute approximate surface area is 193 Å². The zero-order valence-electron chi connectivity index (χ0n) is 18.4. The highest BCUT2D eigenvalue weighted by atomic mass is 35.5. The number of hydrogen-bond acceptors (Lipinski definition) is 6. The van der Waals surface area contributed by atoms with Crippen LogP contribution in [0, 0.1) is 5.92 Å². The fourth-order valence-electron chi connectivity index (χ4n) is 3.50. The van der Waals surface area contributed by atoms with Crippen molar-refractivity contribution in [3.8, 4) is 0 Å². The topological polar surface area (TPSA) is 76.3 Å². The summed E-state index contributed by atoms with van der Waals surface area (Å²) in [7, 11) is 0. The van der Waals surface area contributed by atoms with E-state index in [1.807, 2.05) is 6.92 Å². The van der Waals surface area contributed by atoms with Crippen LogP contribution < -0.4 is 0 Å². The summed E-state index contributed by atoms with van der Waals surface area (Å²) in [6.07, 6.45) is 13.1. The number of carbonyl (C=O) groups excluding carboxylic acids is 2. The van der Waals surface area contributed by atoms with E-state index >= 15 is 0 Å². The summed E-state index contributed by atoms with van der Waals surface area (Å²) >= 11 is 5.86. The lowest BCUT2D eigenvalue weighted by molar-refractivity contribution is -0.124. The number of hydrogen-bond donors (Lipinski definition) is 0. The first-order valence-corrected chi connectivity index (χ1v) is 11.0. The fraction of sp³-hybridized carbons (Fsp3) is 0.417. The molecule has 32 heavy (non-hydrogen) atoms. The second-order valence-corrected chi connectivity index (χ2v) is 8.02. The van der Waals surface area contributed by atoms with Crippen LogP contribution in [0.5, 0.6) is 0 Å². The number of aromatic nitrogens is 2. The third kappa shape index (κ3) is 7.80. The lowest BCUT2D eigenvalue weighted by atomic mass is 9.92. The summed E-state index contributed by atoms with van der Waals surface area (Å²) in [4.78, 5) is 30.6. The van der Waals surface area contributed by atoms with Gasteiger partial charge in [0.25, 0.3) is 0 Å². The van der Waals surface area contributed by atoms with Gasteiger partial charge < -0.3 is 4.52 Å². The fourth-order valence-corrected chi connectivity index (χ4v) is 3.59. The molecule has 6 nitrogen and oxygen atoms in total. The minimum absolute atomic E-state index is 0.0259. The number of ketones is 2. The molecule has 0 saturated heterocycles. The molecular formula is C24H29ClFN3O3. The van der Waals surface area contributed by atoms with Crippen LogP contribution in [0.3, 0.4) is 0 Å². The highest BCUT2D eigenvalue weighted by Gasteiger charge is 2.30. The van der Waals surface area contributed by atoms with Crippen molar-refractivity contribution in [3.05, 3.63) is 66.4 Å². The Morgan fingerprint density at radius 2 is 2.22 bits per heavy atom.